The number of hydrogen-bond acceptors (Lipinski definition) is 3. The Morgan fingerprint density at radius 1 is 0.438 bits per heavy atom. The minimum Gasteiger partial charge on any atom is -0.309 e. The number of nitrogens with zero attached hydrogens (tertiary/aromatic N) is 2. The molecule has 0 spiro atoms. The summed E-state index contributed by atoms with van der Waals surface area (Å²) < 4.78 is 2.41. The van der Waals surface area contributed by atoms with Crippen LogP contribution < -0.4 is 4.90 Å². The van der Waals surface area contributed by atoms with Gasteiger partial charge >= 0.3 is 0 Å². The lowest BCUT2D eigenvalue weighted by molar-refractivity contribution is 1.29. The Balaban J connectivity index is 1.28. The van der Waals surface area contributed by atoms with Crippen LogP contribution in [0.25, 0.3) is 64.5 Å². The first-order valence-corrected chi connectivity index (χ1v) is 17.0. The van der Waals surface area contributed by atoms with Crippen molar-refractivity contribution in [2.75, 3.05) is 4.90 Å². The average molecular weight is 631 g/mol. The first kappa shape index (κ1) is 28.2. The monoisotopic (exact) mass is 630 g/mol. The second kappa shape index (κ2) is 12.0. The second-order valence-corrected chi connectivity index (χ2v) is 13.1. The van der Waals surface area contributed by atoms with Crippen LogP contribution >= 0.6 is 11.3 Å². The topological polar surface area (TPSA) is 16.1 Å². The van der Waals surface area contributed by atoms with Gasteiger partial charge in [-0.25, -0.2) is 0 Å². The van der Waals surface area contributed by atoms with Gasteiger partial charge in [0.05, 0.1) is 15.9 Å². The predicted molar refractivity (Wildman–Crippen MR) is 206 cm³/mol. The van der Waals surface area contributed by atoms with Crippen LogP contribution in [0.4, 0.5) is 17.1 Å². The zero-order chi connectivity index (χ0) is 31.9. The van der Waals surface area contributed by atoms with Crippen molar-refractivity contribution in [2.45, 2.75) is 0 Å². The van der Waals surface area contributed by atoms with Crippen LogP contribution in [0, 0.1) is 0 Å². The highest BCUT2D eigenvalue weighted by atomic mass is 32.1. The number of anilines is 3. The van der Waals surface area contributed by atoms with Gasteiger partial charge < -0.3 is 4.90 Å². The number of hydrogen-bond donors (Lipinski definition) is 0. The second-order valence-electron chi connectivity index (χ2n) is 12.0. The van der Waals surface area contributed by atoms with Crippen molar-refractivity contribution in [2.24, 2.45) is 0 Å². The van der Waals surface area contributed by atoms with Crippen molar-refractivity contribution in [3.05, 3.63) is 182 Å². The molecule has 0 saturated heterocycles. The molecule has 0 N–H and O–H groups in total. The number of aromatic nitrogens is 1. The maximum atomic E-state index is 4.96. The first-order valence-electron chi connectivity index (χ1n) is 16.2. The maximum absolute atomic E-state index is 4.96. The third-order valence-corrected chi connectivity index (χ3v) is 10.3. The van der Waals surface area contributed by atoms with Crippen LogP contribution in [-0.4, -0.2) is 4.98 Å². The van der Waals surface area contributed by atoms with E-state index in [-0.39, 0.29) is 0 Å². The molecule has 0 saturated carbocycles. The molecule has 3 heteroatoms. The SMILES string of the molecule is c1ccc(-c2ccc(N(c3ccc(-c4ccccc4)c(-c4ccccc4)c3)c3ccnc4c3sc3cc5ccccc5cc34)cc2)cc1. The number of benzene rings is 7. The summed E-state index contributed by atoms with van der Waals surface area (Å²) in [5, 5.41) is 3.67. The van der Waals surface area contributed by atoms with Gasteiger partial charge in [0.1, 0.15) is 0 Å². The molecular formula is C45H30N2S. The standard InChI is InChI=1S/C45H30N2S/c1-4-12-31(13-5-1)32-20-22-37(23-21-32)47(38-24-25-39(33-14-6-2-7-15-33)40(30-38)34-16-8-3-9-17-34)42-26-27-46-44-41-28-35-18-10-11-19-36(35)29-43(41)48-45(42)44/h1-30H. The van der Waals surface area contributed by atoms with Gasteiger partial charge in [-0.15, -0.1) is 11.3 Å². The molecule has 0 radical (unpaired) electrons. The Bertz CT molecular complexity index is 2540. The molecule has 0 aliphatic carbocycles. The Morgan fingerprint density at radius 3 is 1.69 bits per heavy atom. The normalized spacial score (nSPS) is 11.3. The third kappa shape index (κ3) is 5.02. The molecule has 0 aliphatic rings. The van der Waals surface area contributed by atoms with Gasteiger partial charge in [0.2, 0.25) is 0 Å². The fourth-order valence-corrected chi connectivity index (χ4v) is 7.96. The molecule has 226 valence electrons. The molecule has 9 aromatic rings. The molecule has 0 bridgehead atoms. The van der Waals surface area contributed by atoms with Gasteiger partial charge in [-0.3, -0.25) is 4.98 Å². The van der Waals surface area contributed by atoms with E-state index >= 15 is 0 Å². The van der Waals surface area contributed by atoms with E-state index < -0.39 is 0 Å². The summed E-state index contributed by atoms with van der Waals surface area (Å²) >= 11 is 1.82. The fourth-order valence-electron chi connectivity index (χ4n) is 6.76. The van der Waals surface area contributed by atoms with Crippen LogP contribution in [0.3, 0.4) is 0 Å². The van der Waals surface area contributed by atoms with E-state index in [1.807, 2.05) is 17.5 Å². The molecule has 2 aromatic heterocycles. The Morgan fingerprint density at radius 2 is 1.00 bits per heavy atom. The lowest BCUT2D eigenvalue weighted by Gasteiger charge is -2.27. The number of thiophene rings is 1. The van der Waals surface area contributed by atoms with E-state index in [1.54, 1.807) is 0 Å². The van der Waals surface area contributed by atoms with Crippen LogP contribution in [-0.2, 0) is 0 Å². The van der Waals surface area contributed by atoms with Crippen molar-refractivity contribution >= 4 is 59.5 Å². The molecule has 2 heterocycles. The zero-order valence-corrected chi connectivity index (χ0v) is 26.9. The maximum Gasteiger partial charge on any atom is 0.0909 e. The Labute approximate surface area is 283 Å². The van der Waals surface area contributed by atoms with E-state index in [1.165, 1.54) is 58.9 Å². The summed E-state index contributed by atoms with van der Waals surface area (Å²) in [5.74, 6) is 0. The third-order valence-electron chi connectivity index (χ3n) is 9.10. The summed E-state index contributed by atoms with van der Waals surface area (Å²) in [4.78, 5) is 7.36. The molecule has 0 unspecified atom stereocenters. The quantitative estimate of drug-likeness (QED) is 0.182. The number of fused-ring (bicyclic) bond motifs is 4. The summed E-state index contributed by atoms with van der Waals surface area (Å²) in [6.45, 7) is 0. The van der Waals surface area contributed by atoms with Crippen molar-refractivity contribution in [1.82, 2.24) is 4.98 Å². The van der Waals surface area contributed by atoms with Gasteiger partial charge in [0, 0.05) is 27.7 Å². The van der Waals surface area contributed by atoms with Crippen LogP contribution in [0.5, 0.6) is 0 Å². The smallest absolute Gasteiger partial charge is 0.0909 e. The molecule has 0 fully saturated rings. The summed E-state index contributed by atoms with van der Waals surface area (Å²) in [7, 11) is 0. The lowest BCUT2D eigenvalue weighted by Crippen LogP contribution is -2.10. The molecule has 2 nitrogen and oxygen atoms in total. The summed E-state index contributed by atoms with van der Waals surface area (Å²) in [5.41, 5.74) is 11.5. The van der Waals surface area contributed by atoms with Crippen molar-refractivity contribution in [3.63, 3.8) is 0 Å². The van der Waals surface area contributed by atoms with Crippen LogP contribution in [0.2, 0.25) is 0 Å². The highest BCUT2D eigenvalue weighted by Crippen LogP contribution is 2.46. The molecule has 0 aliphatic heterocycles. The van der Waals surface area contributed by atoms with E-state index in [0.29, 0.717) is 0 Å². The molecule has 0 amide bonds. The minimum atomic E-state index is 1.04. The predicted octanol–water partition coefficient (Wildman–Crippen LogP) is 13.1. The van der Waals surface area contributed by atoms with E-state index in [9.17, 15) is 0 Å². The van der Waals surface area contributed by atoms with Crippen molar-refractivity contribution in [3.8, 4) is 33.4 Å². The van der Waals surface area contributed by atoms with Gasteiger partial charge in [0.15, 0.2) is 0 Å². The summed E-state index contributed by atoms with van der Waals surface area (Å²) in [6.07, 6.45) is 1.96. The molecule has 9 rings (SSSR count). The van der Waals surface area contributed by atoms with Crippen molar-refractivity contribution in [1.29, 1.82) is 0 Å². The lowest BCUT2D eigenvalue weighted by atomic mass is 9.93. The van der Waals surface area contributed by atoms with E-state index in [4.69, 9.17) is 4.98 Å². The molecular weight excluding hydrogens is 601 g/mol. The highest BCUT2D eigenvalue weighted by molar-refractivity contribution is 7.26. The molecule has 7 aromatic carbocycles. The molecule has 0 atom stereocenters. The van der Waals surface area contributed by atoms with E-state index in [2.05, 4.69) is 181 Å². The average Bonchev–Trinajstić information content (AvgIpc) is 3.53. The Kier molecular flexibility index (Phi) is 7.03. The number of pyridine rings is 1. The largest absolute Gasteiger partial charge is 0.309 e. The number of rotatable bonds is 6. The Hall–Kier alpha value is -6.03. The van der Waals surface area contributed by atoms with Gasteiger partial charge in [-0.2, -0.15) is 0 Å². The van der Waals surface area contributed by atoms with Crippen molar-refractivity contribution < 1.29 is 0 Å². The van der Waals surface area contributed by atoms with Crippen LogP contribution in [0.1, 0.15) is 0 Å². The summed E-state index contributed by atoms with van der Waals surface area (Å²) in [6, 6.07) is 63.1. The van der Waals surface area contributed by atoms with Gasteiger partial charge in [-0.05, 0) is 86.6 Å². The highest BCUT2D eigenvalue weighted by Gasteiger charge is 2.21. The van der Waals surface area contributed by atoms with Crippen LogP contribution in [0.15, 0.2) is 182 Å². The fraction of sp³-hybridized carbons (Fsp3) is 0. The van der Waals surface area contributed by atoms with Gasteiger partial charge in [-0.1, -0.05) is 133 Å². The van der Waals surface area contributed by atoms with E-state index in [0.717, 1.165) is 22.6 Å². The zero-order valence-electron chi connectivity index (χ0n) is 26.1. The minimum absolute atomic E-state index is 1.04. The first-order chi connectivity index (χ1) is 23.8. The van der Waals surface area contributed by atoms with Gasteiger partial charge in [0.25, 0.3) is 0 Å². The molecule has 48 heavy (non-hydrogen) atoms.